The predicted octanol–water partition coefficient (Wildman–Crippen LogP) is 1.02. The Morgan fingerprint density at radius 2 is 1.89 bits per heavy atom. The zero-order valence-electron chi connectivity index (χ0n) is 15.5. The second-order valence-corrected chi connectivity index (χ2v) is 7.73. The number of nitrogens with two attached hydrogens (primary N) is 1. The Bertz CT molecular complexity index is 812. The molecule has 1 aromatic carbocycles. The highest BCUT2D eigenvalue weighted by atomic mass is 16.2. The van der Waals surface area contributed by atoms with Gasteiger partial charge in [0.1, 0.15) is 6.04 Å². The van der Waals surface area contributed by atoms with E-state index in [1.165, 1.54) is 0 Å². The van der Waals surface area contributed by atoms with Crippen molar-refractivity contribution in [2.75, 3.05) is 11.9 Å². The highest BCUT2D eigenvalue weighted by Crippen LogP contribution is 2.29. The fraction of sp³-hybridized carbons (Fsp3) is 0.474. The summed E-state index contributed by atoms with van der Waals surface area (Å²) in [6, 6.07) is 4.02. The summed E-state index contributed by atoms with van der Waals surface area (Å²) in [6.07, 6.45) is 1.98. The Labute approximate surface area is 157 Å². The molecule has 27 heavy (non-hydrogen) atoms. The maximum Gasteiger partial charge on any atom is 0.262 e. The summed E-state index contributed by atoms with van der Waals surface area (Å²) in [4.78, 5) is 49.7. The Balaban J connectivity index is 1.71. The van der Waals surface area contributed by atoms with E-state index in [2.05, 4.69) is 10.6 Å². The van der Waals surface area contributed by atoms with Crippen molar-refractivity contribution in [3.05, 3.63) is 29.3 Å². The lowest BCUT2D eigenvalue weighted by Crippen LogP contribution is -2.54. The molecule has 0 radical (unpaired) electrons. The molecule has 0 aromatic heterocycles. The fourth-order valence-electron chi connectivity index (χ4n) is 3.36. The molecule has 8 nitrogen and oxygen atoms in total. The molecular formula is C19H24N4O4. The van der Waals surface area contributed by atoms with Crippen LogP contribution in [-0.2, 0) is 9.59 Å². The molecule has 1 fully saturated rings. The van der Waals surface area contributed by atoms with Gasteiger partial charge in [-0.05, 0) is 51.3 Å². The molecule has 3 rings (SSSR count). The Morgan fingerprint density at radius 3 is 2.56 bits per heavy atom. The quantitative estimate of drug-likeness (QED) is 0.506. The van der Waals surface area contributed by atoms with Gasteiger partial charge in [0.25, 0.3) is 11.8 Å². The van der Waals surface area contributed by atoms with Crippen LogP contribution in [0.5, 0.6) is 0 Å². The van der Waals surface area contributed by atoms with Crippen molar-refractivity contribution >= 4 is 29.3 Å². The second kappa shape index (κ2) is 7.11. The van der Waals surface area contributed by atoms with Gasteiger partial charge < -0.3 is 11.1 Å². The molecule has 4 N–H and O–H groups in total. The van der Waals surface area contributed by atoms with Crippen LogP contribution in [0.15, 0.2) is 18.2 Å². The average molecular weight is 372 g/mol. The van der Waals surface area contributed by atoms with Crippen molar-refractivity contribution in [3.8, 4) is 0 Å². The number of nitrogens with zero attached hydrogens (tertiary/aromatic N) is 1. The summed E-state index contributed by atoms with van der Waals surface area (Å²) in [5, 5.41) is 5.42. The number of nitrogens with one attached hydrogen (secondary N) is 2. The van der Waals surface area contributed by atoms with Gasteiger partial charge in [0.2, 0.25) is 11.8 Å². The van der Waals surface area contributed by atoms with Gasteiger partial charge in [-0.15, -0.1) is 0 Å². The first-order valence-corrected chi connectivity index (χ1v) is 9.06. The molecule has 1 atom stereocenters. The Morgan fingerprint density at radius 1 is 1.19 bits per heavy atom. The van der Waals surface area contributed by atoms with E-state index in [0.29, 0.717) is 6.54 Å². The van der Waals surface area contributed by atoms with Gasteiger partial charge >= 0.3 is 0 Å². The van der Waals surface area contributed by atoms with Crippen LogP contribution in [0, 0.1) is 0 Å². The molecule has 2 heterocycles. The number of carbonyl (C=O) groups excluding carboxylic acids is 4. The number of rotatable bonds is 6. The summed E-state index contributed by atoms with van der Waals surface area (Å²) >= 11 is 0. The van der Waals surface area contributed by atoms with Crippen LogP contribution in [0.2, 0.25) is 0 Å². The van der Waals surface area contributed by atoms with Crippen molar-refractivity contribution in [1.82, 2.24) is 10.2 Å². The topological polar surface area (TPSA) is 122 Å². The maximum atomic E-state index is 12.7. The van der Waals surface area contributed by atoms with E-state index in [0.717, 1.165) is 23.4 Å². The van der Waals surface area contributed by atoms with Crippen LogP contribution in [0.25, 0.3) is 0 Å². The smallest absolute Gasteiger partial charge is 0.262 e. The number of piperidine rings is 1. The number of hydrogen-bond acceptors (Lipinski definition) is 6. The molecule has 0 aliphatic carbocycles. The molecule has 1 unspecified atom stereocenters. The summed E-state index contributed by atoms with van der Waals surface area (Å²) in [7, 11) is 0. The molecule has 0 saturated carbocycles. The van der Waals surface area contributed by atoms with Gasteiger partial charge in [0.15, 0.2) is 0 Å². The number of anilines is 1. The number of carbonyl (C=O) groups is 4. The molecular weight excluding hydrogens is 348 g/mol. The number of benzene rings is 1. The lowest BCUT2D eigenvalue weighted by atomic mass is 10.0. The molecule has 1 saturated heterocycles. The summed E-state index contributed by atoms with van der Waals surface area (Å²) in [5.74, 6) is -2.00. The first-order chi connectivity index (χ1) is 12.7. The lowest BCUT2D eigenvalue weighted by molar-refractivity contribution is -0.136. The second-order valence-electron chi connectivity index (χ2n) is 7.73. The molecule has 1 aromatic rings. The third-order valence-electron chi connectivity index (χ3n) is 4.77. The number of imide groups is 2. The molecule has 8 heteroatoms. The van der Waals surface area contributed by atoms with Gasteiger partial charge in [-0.25, -0.2) is 0 Å². The highest BCUT2D eigenvalue weighted by molar-refractivity contribution is 6.23. The van der Waals surface area contributed by atoms with Gasteiger partial charge in [0.05, 0.1) is 11.1 Å². The molecule has 0 bridgehead atoms. The molecule has 144 valence electrons. The molecule has 0 spiro atoms. The molecule has 4 amide bonds. The van der Waals surface area contributed by atoms with E-state index in [-0.39, 0.29) is 35.4 Å². The summed E-state index contributed by atoms with van der Waals surface area (Å²) in [6.45, 7) is 4.63. The van der Waals surface area contributed by atoms with Crippen molar-refractivity contribution in [1.29, 1.82) is 0 Å². The van der Waals surface area contributed by atoms with Crippen molar-refractivity contribution in [2.45, 2.75) is 51.1 Å². The number of amides is 4. The lowest BCUT2D eigenvalue weighted by Gasteiger charge is -2.27. The summed E-state index contributed by atoms with van der Waals surface area (Å²) < 4.78 is 0. The minimum absolute atomic E-state index is 0.105. The van der Waals surface area contributed by atoms with E-state index in [4.69, 9.17) is 5.73 Å². The van der Waals surface area contributed by atoms with Crippen molar-refractivity contribution < 1.29 is 19.2 Å². The predicted molar refractivity (Wildman–Crippen MR) is 99.1 cm³/mol. The third-order valence-corrected chi connectivity index (χ3v) is 4.77. The Kier molecular flexibility index (Phi) is 5.01. The van der Waals surface area contributed by atoms with Crippen LogP contribution in [0.3, 0.4) is 0 Å². The number of hydrogen-bond donors (Lipinski definition) is 3. The fourth-order valence-corrected chi connectivity index (χ4v) is 3.36. The zero-order valence-corrected chi connectivity index (χ0v) is 15.5. The van der Waals surface area contributed by atoms with Gasteiger partial charge in [-0.1, -0.05) is 0 Å². The van der Waals surface area contributed by atoms with E-state index in [1.54, 1.807) is 18.2 Å². The van der Waals surface area contributed by atoms with E-state index < -0.39 is 23.8 Å². The molecule has 2 aliphatic heterocycles. The SMILES string of the molecule is CC(C)(N)CCCNc1ccc2c(c1)C(=O)N(C1CCC(=O)NC1=O)C2=O. The van der Waals surface area contributed by atoms with Crippen LogP contribution < -0.4 is 16.4 Å². The minimum Gasteiger partial charge on any atom is -0.385 e. The summed E-state index contributed by atoms with van der Waals surface area (Å²) in [5.41, 5.74) is 7.01. The van der Waals surface area contributed by atoms with Gasteiger partial charge in [-0.2, -0.15) is 0 Å². The first kappa shape index (κ1) is 19.0. The average Bonchev–Trinajstić information content (AvgIpc) is 2.82. The van der Waals surface area contributed by atoms with E-state index in [1.807, 2.05) is 13.8 Å². The third kappa shape index (κ3) is 4.00. The van der Waals surface area contributed by atoms with Gasteiger partial charge in [-0.3, -0.25) is 29.4 Å². The standard InChI is InChI=1S/C19H24N4O4/c1-19(2,20)8-3-9-21-11-4-5-12-13(10-11)18(27)23(17(12)26)14-6-7-15(24)22-16(14)25/h4-5,10,14,21H,3,6-9,20H2,1-2H3,(H,22,24,25). The van der Waals surface area contributed by atoms with Crippen LogP contribution in [0.1, 0.15) is 60.2 Å². The monoisotopic (exact) mass is 372 g/mol. The van der Waals surface area contributed by atoms with E-state index >= 15 is 0 Å². The minimum atomic E-state index is -0.946. The highest BCUT2D eigenvalue weighted by Gasteiger charge is 2.44. The van der Waals surface area contributed by atoms with Crippen LogP contribution in [-0.4, -0.2) is 46.7 Å². The van der Waals surface area contributed by atoms with Gasteiger partial charge in [0, 0.05) is 24.2 Å². The van der Waals surface area contributed by atoms with Crippen LogP contribution in [0.4, 0.5) is 5.69 Å². The number of fused-ring (bicyclic) bond motifs is 1. The Hall–Kier alpha value is -2.74. The van der Waals surface area contributed by atoms with Crippen molar-refractivity contribution in [3.63, 3.8) is 0 Å². The first-order valence-electron chi connectivity index (χ1n) is 9.06. The normalized spacial score (nSPS) is 20.0. The van der Waals surface area contributed by atoms with Crippen molar-refractivity contribution in [2.24, 2.45) is 5.73 Å². The zero-order chi connectivity index (χ0) is 19.8. The largest absolute Gasteiger partial charge is 0.385 e. The molecule has 2 aliphatic rings. The van der Waals surface area contributed by atoms with E-state index in [9.17, 15) is 19.2 Å². The van der Waals surface area contributed by atoms with Crippen LogP contribution >= 0.6 is 0 Å². The maximum absolute atomic E-state index is 12.7.